The van der Waals surface area contributed by atoms with Crippen LogP contribution in [0.4, 0.5) is 10.5 Å². The maximum Gasteiger partial charge on any atom is 0.322 e. The Morgan fingerprint density at radius 1 is 1.14 bits per heavy atom. The minimum atomic E-state index is -0.139. The van der Waals surface area contributed by atoms with Crippen molar-refractivity contribution in [3.63, 3.8) is 0 Å². The Morgan fingerprint density at radius 3 is 2.68 bits per heavy atom. The molecule has 3 aromatic rings. The van der Waals surface area contributed by atoms with Crippen LogP contribution in [0.5, 0.6) is 11.5 Å². The van der Waals surface area contributed by atoms with E-state index in [1.54, 1.807) is 11.1 Å². The molecule has 0 radical (unpaired) electrons. The van der Waals surface area contributed by atoms with Crippen molar-refractivity contribution in [1.29, 1.82) is 0 Å². The molecule has 2 amide bonds. The molecular formula is C21H22N4O3. The smallest absolute Gasteiger partial charge is 0.322 e. The topological polar surface area (TPSA) is 68.6 Å². The van der Waals surface area contributed by atoms with E-state index in [-0.39, 0.29) is 12.8 Å². The van der Waals surface area contributed by atoms with Gasteiger partial charge in [0.25, 0.3) is 0 Å². The number of benzene rings is 2. The molecule has 2 aromatic carbocycles. The Hall–Kier alpha value is -3.48. The normalized spacial score (nSPS) is 12.0. The van der Waals surface area contributed by atoms with Crippen molar-refractivity contribution >= 4 is 11.7 Å². The number of hydrogen-bond donors (Lipinski definition) is 1. The Bertz CT molecular complexity index is 939. The summed E-state index contributed by atoms with van der Waals surface area (Å²) in [5.74, 6) is 1.47. The Balaban J connectivity index is 1.37. The quantitative estimate of drug-likeness (QED) is 0.710. The summed E-state index contributed by atoms with van der Waals surface area (Å²) in [5.41, 5.74) is 2.88. The summed E-state index contributed by atoms with van der Waals surface area (Å²) in [4.78, 5) is 14.4. The number of rotatable bonds is 6. The lowest BCUT2D eigenvalue weighted by atomic mass is 10.2. The van der Waals surface area contributed by atoms with Crippen molar-refractivity contribution in [2.75, 3.05) is 18.7 Å². The van der Waals surface area contributed by atoms with Crippen LogP contribution in [-0.2, 0) is 13.1 Å². The fourth-order valence-corrected chi connectivity index (χ4v) is 3.06. The first kappa shape index (κ1) is 17.9. The second-order valence-corrected chi connectivity index (χ2v) is 6.53. The molecule has 0 fully saturated rings. The van der Waals surface area contributed by atoms with Crippen molar-refractivity contribution in [3.8, 4) is 11.5 Å². The maximum absolute atomic E-state index is 12.7. The van der Waals surface area contributed by atoms with Gasteiger partial charge in [0.15, 0.2) is 11.5 Å². The molecule has 28 heavy (non-hydrogen) atoms. The molecule has 2 heterocycles. The minimum absolute atomic E-state index is 0.139. The van der Waals surface area contributed by atoms with Crippen molar-refractivity contribution in [1.82, 2.24) is 14.7 Å². The SMILES string of the molecule is CCN(Cc1ccc2c(c1)OCO2)C(=O)Nc1ccc(Cn2cccn2)cc1. The number of carbonyl (C=O) groups excluding carboxylic acids is 1. The van der Waals surface area contributed by atoms with E-state index in [4.69, 9.17) is 9.47 Å². The second kappa shape index (κ2) is 8.04. The summed E-state index contributed by atoms with van der Waals surface area (Å²) in [6.45, 7) is 3.99. The second-order valence-electron chi connectivity index (χ2n) is 6.53. The molecule has 0 atom stereocenters. The van der Waals surface area contributed by atoms with E-state index in [9.17, 15) is 4.79 Å². The number of nitrogens with one attached hydrogen (secondary N) is 1. The van der Waals surface area contributed by atoms with Crippen molar-refractivity contribution in [2.24, 2.45) is 0 Å². The van der Waals surface area contributed by atoms with Crippen LogP contribution < -0.4 is 14.8 Å². The molecular weight excluding hydrogens is 356 g/mol. The van der Waals surface area contributed by atoms with Gasteiger partial charge in [-0.25, -0.2) is 4.79 Å². The highest BCUT2D eigenvalue weighted by Gasteiger charge is 2.16. The van der Waals surface area contributed by atoms with Gasteiger partial charge in [0, 0.05) is 31.2 Å². The molecule has 7 heteroatoms. The molecule has 1 aromatic heterocycles. The van der Waals surface area contributed by atoms with Crippen LogP contribution in [0.3, 0.4) is 0 Å². The molecule has 7 nitrogen and oxygen atoms in total. The average molecular weight is 378 g/mol. The third-order valence-corrected chi connectivity index (χ3v) is 4.59. The van der Waals surface area contributed by atoms with Gasteiger partial charge in [-0.05, 0) is 48.4 Å². The molecule has 1 aliphatic rings. The molecule has 0 spiro atoms. The van der Waals surface area contributed by atoms with Gasteiger partial charge in [0.1, 0.15) is 0 Å². The zero-order valence-corrected chi connectivity index (χ0v) is 15.7. The summed E-state index contributed by atoms with van der Waals surface area (Å²) in [5, 5.41) is 7.16. The highest BCUT2D eigenvalue weighted by molar-refractivity contribution is 5.89. The van der Waals surface area contributed by atoms with Gasteiger partial charge < -0.3 is 19.7 Å². The summed E-state index contributed by atoms with van der Waals surface area (Å²) < 4.78 is 12.6. The predicted octanol–water partition coefficient (Wildman–Crippen LogP) is 3.71. The first-order valence-electron chi connectivity index (χ1n) is 9.22. The number of ether oxygens (including phenoxy) is 2. The third kappa shape index (κ3) is 4.09. The van der Waals surface area contributed by atoms with Gasteiger partial charge in [-0.2, -0.15) is 5.10 Å². The molecule has 0 saturated carbocycles. The van der Waals surface area contributed by atoms with Gasteiger partial charge in [-0.15, -0.1) is 0 Å². The number of carbonyl (C=O) groups is 1. The van der Waals surface area contributed by atoms with E-state index in [0.29, 0.717) is 19.6 Å². The highest BCUT2D eigenvalue weighted by atomic mass is 16.7. The largest absolute Gasteiger partial charge is 0.454 e. The van der Waals surface area contributed by atoms with Crippen molar-refractivity contribution in [3.05, 3.63) is 72.1 Å². The maximum atomic E-state index is 12.7. The number of fused-ring (bicyclic) bond motifs is 1. The predicted molar refractivity (Wildman–Crippen MR) is 105 cm³/mol. The van der Waals surface area contributed by atoms with Crippen LogP contribution in [-0.4, -0.2) is 34.0 Å². The van der Waals surface area contributed by atoms with Crippen LogP contribution in [0.25, 0.3) is 0 Å². The third-order valence-electron chi connectivity index (χ3n) is 4.59. The number of urea groups is 1. The molecule has 4 rings (SSSR count). The summed E-state index contributed by atoms with van der Waals surface area (Å²) in [7, 11) is 0. The molecule has 0 saturated heterocycles. The Morgan fingerprint density at radius 2 is 1.93 bits per heavy atom. The zero-order chi connectivity index (χ0) is 19.3. The van der Waals surface area contributed by atoms with Gasteiger partial charge in [0.05, 0.1) is 6.54 Å². The van der Waals surface area contributed by atoms with Crippen LogP contribution >= 0.6 is 0 Å². The van der Waals surface area contributed by atoms with E-state index in [2.05, 4.69) is 10.4 Å². The minimum Gasteiger partial charge on any atom is -0.454 e. The van der Waals surface area contributed by atoms with E-state index in [1.165, 1.54) is 0 Å². The van der Waals surface area contributed by atoms with E-state index in [0.717, 1.165) is 28.3 Å². The molecule has 1 aliphatic heterocycles. The number of anilines is 1. The number of hydrogen-bond acceptors (Lipinski definition) is 4. The Labute approximate surface area is 163 Å². The molecule has 1 N–H and O–H groups in total. The van der Waals surface area contributed by atoms with Gasteiger partial charge in [0.2, 0.25) is 6.79 Å². The fraction of sp³-hybridized carbons (Fsp3) is 0.238. The summed E-state index contributed by atoms with van der Waals surface area (Å²) >= 11 is 0. The Kier molecular flexibility index (Phi) is 5.14. The molecule has 0 bridgehead atoms. The van der Waals surface area contributed by atoms with Gasteiger partial charge >= 0.3 is 6.03 Å². The number of aromatic nitrogens is 2. The molecule has 144 valence electrons. The number of nitrogens with zero attached hydrogens (tertiary/aromatic N) is 3. The van der Waals surface area contributed by atoms with E-state index >= 15 is 0 Å². The monoisotopic (exact) mass is 378 g/mol. The molecule has 0 aliphatic carbocycles. The van der Waals surface area contributed by atoms with E-state index < -0.39 is 0 Å². The molecule has 0 unspecified atom stereocenters. The summed E-state index contributed by atoms with van der Waals surface area (Å²) in [6, 6.07) is 15.3. The average Bonchev–Trinajstić information content (AvgIpc) is 3.39. The first-order chi connectivity index (χ1) is 13.7. The number of amides is 2. The van der Waals surface area contributed by atoms with Crippen LogP contribution in [0.2, 0.25) is 0 Å². The standard InChI is InChI=1S/C21H22N4O3/c1-2-24(13-17-6-9-19-20(12-17)28-15-27-19)21(26)23-18-7-4-16(5-8-18)14-25-11-3-10-22-25/h3-12H,2,13-15H2,1H3,(H,23,26). The van der Waals surface area contributed by atoms with Crippen LogP contribution in [0.15, 0.2) is 60.9 Å². The lowest BCUT2D eigenvalue weighted by Crippen LogP contribution is -2.34. The van der Waals surface area contributed by atoms with Crippen molar-refractivity contribution < 1.29 is 14.3 Å². The van der Waals surface area contributed by atoms with Crippen LogP contribution in [0.1, 0.15) is 18.1 Å². The van der Waals surface area contributed by atoms with Crippen LogP contribution in [0, 0.1) is 0 Å². The lowest BCUT2D eigenvalue weighted by molar-refractivity contribution is 0.174. The summed E-state index contributed by atoms with van der Waals surface area (Å²) in [6.07, 6.45) is 3.68. The lowest BCUT2D eigenvalue weighted by Gasteiger charge is -2.21. The first-order valence-corrected chi connectivity index (χ1v) is 9.22. The highest BCUT2D eigenvalue weighted by Crippen LogP contribution is 2.32. The zero-order valence-electron chi connectivity index (χ0n) is 15.7. The van der Waals surface area contributed by atoms with Gasteiger partial charge in [-0.1, -0.05) is 18.2 Å². The van der Waals surface area contributed by atoms with E-state index in [1.807, 2.05) is 66.3 Å². The van der Waals surface area contributed by atoms with Crippen molar-refractivity contribution in [2.45, 2.75) is 20.0 Å². The fourth-order valence-electron chi connectivity index (χ4n) is 3.06. The van der Waals surface area contributed by atoms with Gasteiger partial charge in [-0.3, -0.25) is 4.68 Å².